The predicted octanol–water partition coefficient (Wildman–Crippen LogP) is 13.5. The molecule has 4 aliphatic rings. The van der Waals surface area contributed by atoms with Crippen molar-refractivity contribution in [3.63, 3.8) is 0 Å². The number of ether oxygens (including phenoxy) is 1. The SMILES string of the molecule is C=C(C#N)C=O.CCCC1CCC(c2cc(F)c(C3CSCS3)c(F)c2)CC1.CCCCCCCC1CCCC(C2CCC(OC)CC2)CC1. The van der Waals surface area contributed by atoms with E-state index >= 15 is 0 Å². The normalized spacial score (nSPS) is 28.2. The lowest BCUT2D eigenvalue weighted by atomic mass is 9.76. The predicted molar refractivity (Wildman–Crippen MR) is 211 cm³/mol. The van der Waals surface area contributed by atoms with Crippen molar-refractivity contribution in [1.82, 2.24) is 0 Å². The van der Waals surface area contributed by atoms with Gasteiger partial charge in [-0.25, -0.2) is 8.78 Å². The first-order chi connectivity index (χ1) is 24.3. The maximum absolute atomic E-state index is 14.5. The van der Waals surface area contributed by atoms with Gasteiger partial charge in [0.15, 0.2) is 6.29 Å². The number of nitriles is 1. The number of hydrogen-bond donors (Lipinski definition) is 0. The number of carbonyl (C=O) groups excluding carboxylic acids is 1. The first-order valence-electron chi connectivity index (χ1n) is 20.1. The van der Waals surface area contributed by atoms with Crippen molar-refractivity contribution in [2.75, 3.05) is 17.9 Å². The highest BCUT2D eigenvalue weighted by molar-refractivity contribution is 8.19. The van der Waals surface area contributed by atoms with Crippen LogP contribution in [0.5, 0.6) is 0 Å². The van der Waals surface area contributed by atoms with E-state index in [2.05, 4.69) is 20.4 Å². The third kappa shape index (κ3) is 14.9. The Morgan fingerprint density at radius 3 is 2.04 bits per heavy atom. The van der Waals surface area contributed by atoms with Crippen molar-refractivity contribution in [3.8, 4) is 6.07 Å². The molecule has 3 saturated carbocycles. The second-order valence-corrected chi connectivity index (χ2v) is 18.0. The van der Waals surface area contributed by atoms with Gasteiger partial charge in [-0.1, -0.05) is 97.5 Å². The van der Waals surface area contributed by atoms with Crippen LogP contribution in [0.15, 0.2) is 24.3 Å². The molecule has 3 nitrogen and oxygen atoms in total. The second-order valence-electron chi connectivity index (χ2n) is 15.4. The van der Waals surface area contributed by atoms with Gasteiger partial charge in [0.2, 0.25) is 0 Å². The number of unbranched alkanes of at least 4 members (excludes halogenated alkanes) is 4. The highest BCUT2D eigenvalue weighted by atomic mass is 32.2. The van der Waals surface area contributed by atoms with Gasteiger partial charge in [0, 0.05) is 28.8 Å². The van der Waals surface area contributed by atoms with Gasteiger partial charge in [0.25, 0.3) is 0 Å². The summed E-state index contributed by atoms with van der Waals surface area (Å²) in [4.78, 5) is 9.41. The van der Waals surface area contributed by atoms with Crippen molar-refractivity contribution >= 4 is 29.8 Å². The summed E-state index contributed by atoms with van der Waals surface area (Å²) < 4.78 is 34.4. The van der Waals surface area contributed by atoms with Gasteiger partial charge in [-0.3, -0.25) is 4.79 Å². The zero-order valence-electron chi connectivity index (χ0n) is 31.6. The number of nitrogens with zero attached hydrogens (tertiary/aromatic N) is 1. The third-order valence-corrected chi connectivity index (χ3v) is 14.7. The smallest absolute Gasteiger partial charge is 0.159 e. The van der Waals surface area contributed by atoms with Gasteiger partial charge in [0.05, 0.1) is 11.7 Å². The monoisotopic (exact) mass is 731 g/mol. The summed E-state index contributed by atoms with van der Waals surface area (Å²) >= 11 is 3.42. The van der Waals surface area contributed by atoms with Crippen molar-refractivity contribution in [2.24, 2.45) is 23.7 Å². The largest absolute Gasteiger partial charge is 0.381 e. The molecule has 1 aliphatic heterocycles. The Kier molecular flexibility index (Phi) is 21.4. The van der Waals surface area contributed by atoms with Gasteiger partial charge in [0.1, 0.15) is 17.7 Å². The summed E-state index contributed by atoms with van der Waals surface area (Å²) in [6.45, 7) is 7.60. The Balaban J connectivity index is 0.000000233. The molecule has 0 aromatic heterocycles. The number of halogens is 2. The fourth-order valence-electron chi connectivity index (χ4n) is 8.87. The molecular weight excluding hydrogens is 665 g/mol. The summed E-state index contributed by atoms with van der Waals surface area (Å²) in [5.74, 6) is 4.45. The van der Waals surface area contributed by atoms with E-state index in [1.807, 2.05) is 7.11 Å². The molecule has 7 heteroatoms. The summed E-state index contributed by atoms with van der Waals surface area (Å²) in [5, 5.41) is 8.68. The average Bonchev–Trinajstić information content (AvgIpc) is 3.56. The molecule has 0 bridgehead atoms. The van der Waals surface area contributed by atoms with Crippen LogP contribution in [0.4, 0.5) is 8.78 Å². The number of benzene rings is 1. The molecule has 5 rings (SSSR count). The molecule has 0 radical (unpaired) electrons. The van der Waals surface area contributed by atoms with E-state index in [4.69, 9.17) is 10.00 Å². The van der Waals surface area contributed by atoms with Gasteiger partial charge in [-0.05, 0) is 105 Å². The highest BCUT2D eigenvalue weighted by Gasteiger charge is 2.30. The Bertz CT molecular complexity index is 1130. The summed E-state index contributed by atoms with van der Waals surface area (Å²) in [6.07, 6.45) is 30.0. The molecule has 3 aliphatic carbocycles. The van der Waals surface area contributed by atoms with Crippen LogP contribution in [0.25, 0.3) is 0 Å². The highest BCUT2D eigenvalue weighted by Crippen LogP contribution is 2.45. The Hall–Kier alpha value is -1.36. The lowest BCUT2D eigenvalue weighted by Gasteiger charge is -2.33. The minimum absolute atomic E-state index is 0.0145. The third-order valence-electron chi connectivity index (χ3n) is 11.9. The van der Waals surface area contributed by atoms with Crippen LogP contribution in [-0.2, 0) is 9.53 Å². The number of hydrogen-bond acceptors (Lipinski definition) is 5. The lowest BCUT2D eigenvalue weighted by molar-refractivity contribution is -0.104. The molecule has 1 aromatic carbocycles. The van der Waals surface area contributed by atoms with Gasteiger partial charge >= 0.3 is 0 Å². The molecule has 1 heterocycles. The number of allylic oxidation sites excluding steroid dienone is 1. The zero-order valence-corrected chi connectivity index (χ0v) is 33.2. The zero-order chi connectivity index (χ0) is 36.1. The van der Waals surface area contributed by atoms with E-state index in [9.17, 15) is 13.6 Å². The Labute approximate surface area is 312 Å². The molecule has 1 saturated heterocycles. The van der Waals surface area contributed by atoms with Crippen LogP contribution in [0.3, 0.4) is 0 Å². The molecule has 3 atom stereocenters. The van der Waals surface area contributed by atoms with E-state index in [1.165, 1.54) is 122 Å². The van der Waals surface area contributed by atoms with Crippen molar-refractivity contribution in [3.05, 3.63) is 47.0 Å². The standard InChI is InChI=1S/C21H40O.C18H24F2S2.C4H3NO/c1-3-4-5-6-7-9-18-10-8-11-19(13-12-18)20-14-16-21(22-2)17-15-20;1-2-3-12-4-6-13(7-5-12)14-8-15(19)18(16(20)9-14)17-10-21-11-22-17;1-4(2-5)3-6/h18-21H,3-17H2,1-2H3;8-9,12-13,17H,2-7,10-11H2,1H3;3H,1H2. The molecule has 0 N–H and O–H groups in total. The van der Waals surface area contributed by atoms with E-state index in [0.29, 0.717) is 23.9 Å². The van der Waals surface area contributed by atoms with Gasteiger partial charge in [-0.2, -0.15) is 5.26 Å². The van der Waals surface area contributed by atoms with E-state index in [1.54, 1.807) is 41.7 Å². The molecule has 50 heavy (non-hydrogen) atoms. The first kappa shape index (κ1) is 43.0. The molecule has 3 unspecified atom stereocenters. The number of methoxy groups -OCH3 is 1. The average molecular weight is 732 g/mol. The summed E-state index contributed by atoms with van der Waals surface area (Å²) in [6, 6.07) is 4.79. The van der Waals surface area contributed by atoms with E-state index in [-0.39, 0.29) is 22.5 Å². The first-order valence-corrected chi connectivity index (χ1v) is 22.3. The minimum atomic E-state index is -0.328. The quantitative estimate of drug-likeness (QED) is 0.0665. The molecular formula is C43H67F2NO2S2. The fraction of sp³-hybridized carbons (Fsp3) is 0.767. The molecule has 1 aromatic rings. The van der Waals surface area contributed by atoms with Gasteiger partial charge < -0.3 is 4.74 Å². The van der Waals surface area contributed by atoms with Crippen LogP contribution in [-0.4, -0.2) is 30.3 Å². The molecule has 0 spiro atoms. The Morgan fingerprint density at radius 2 is 1.48 bits per heavy atom. The van der Waals surface area contributed by atoms with Crippen LogP contribution in [0.1, 0.15) is 171 Å². The van der Waals surface area contributed by atoms with E-state index in [0.717, 1.165) is 52.9 Å². The van der Waals surface area contributed by atoms with Crippen molar-refractivity contribution < 1.29 is 18.3 Å². The number of carbonyl (C=O) groups is 1. The van der Waals surface area contributed by atoms with Crippen LogP contribution >= 0.6 is 23.5 Å². The molecule has 282 valence electrons. The summed E-state index contributed by atoms with van der Waals surface area (Å²) in [7, 11) is 1.89. The van der Waals surface area contributed by atoms with Crippen molar-refractivity contribution in [1.29, 1.82) is 5.26 Å². The number of rotatable bonds is 13. The number of aldehydes is 1. The fourth-order valence-corrected chi connectivity index (χ4v) is 11.7. The Morgan fingerprint density at radius 1 is 0.860 bits per heavy atom. The molecule has 4 fully saturated rings. The number of thioether (sulfide) groups is 2. The molecule has 0 amide bonds. The second kappa shape index (κ2) is 24.8. The topological polar surface area (TPSA) is 50.1 Å². The van der Waals surface area contributed by atoms with Crippen LogP contribution < -0.4 is 0 Å². The van der Waals surface area contributed by atoms with Gasteiger partial charge in [-0.15, -0.1) is 23.5 Å². The van der Waals surface area contributed by atoms with Crippen LogP contribution in [0, 0.1) is 46.6 Å². The van der Waals surface area contributed by atoms with Crippen LogP contribution in [0.2, 0.25) is 0 Å². The lowest BCUT2D eigenvalue weighted by Crippen LogP contribution is -2.25. The minimum Gasteiger partial charge on any atom is -0.381 e. The maximum Gasteiger partial charge on any atom is 0.159 e. The van der Waals surface area contributed by atoms with Crippen molar-refractivity contribution in [2.45, 2.75) is 166 Å². The maximum atomic E-state index is 14.5. The summed E-state index contributed by atoms with van der Waals surface area (Å²) in [5.41, 5.74) is 1.15. The van der Waals surface area contributed by atoms with E-state index < -0.39 is 0 Å².